The zero-order chi connectivity index (χ0) is 14.3. The molecular weight excluding hydrogens is 258 g/mol. The molecule has 1 aromatic carbocycles. The van der Waals surface area contributed by atoms with Gasteiger partial charge < -0.3 is 10.2 Å². The Hall–Kier alpha value is -1.75. The van der Waals surface area contributed by atoms with Gasteiger partial charge >= 0.3 is 0 Å². The minimum Gasteiger partial charge on any atom is -0.391 e. The van der Waals surface area contributed by atoms with E-state index in [2.05, 4.69) is 15.5 Å². The molecular formula is C14H19N3OS. The Morgan fingerprint density at radius 3 is 2.58 bits per heavy atom. The Morgan fingerprint density at radius 1 is 1.32 bits per heavy atom. The number of nitrogens with one attached hydrogen (secondary N) is 1. The van der Waals surface area contributed by atoms with Crippen LogP contribution in [0.3, 0.4) is 0 Å². The van der Waals surface area contributed by atoms with Crippen LogP contribution in [0.5, 0.6) is 0 Å². The standard InChI is InChI=1S/C14H19N3OS/c1-10(2)17-18-9-11-7-5-6-8-12(11)13(15-3)14(19)16-4/h5-8H,9H2,1-4H3,(H,16,19). The lowest BCUT2D eigenvalue weighted by Gasteiger charge is -2.11. The molecule has 0 aromatic heterocycles. The van der Waals surface area contributed by atoms with Crippen LogP contribution < -0.4 is 5.32 Å². The first-order valence-corrected chi connectivity index (χ1v) is 6.41. The quantitative estimate of drug-likeness (QED) is 0.511. The van der Waals surface area contributed by atoms with Gasteiger partial charge in [-0.25, -0.2) is 0 Å². The smallest absolute Gasteiger partial charge is 0.142 e. The van der Waals surface area contributed by atoms with Crippen molar-refractivity contribution in [3.05, 3.63) is 35.4 Å². The molecule has 0 unspecified atom stereocenters. The Kier molecular flexibility index (Phi) is 6.15. The first-order valence-electron chi connectivity index (χ1n) is 6.00. The molecule has 0 heterocycles. The second-order valence-electron chi connectivity index (χ2n) is 4.12. The van der Waals surface area contributed by atoms with Gasteiger partial charge in [-0.15, -0.1) is 0 Å². The molecule has 0 aliphatic heterocycles. The van der Waals surface area contributed by atoms with Crippen LogP contribution in [0.4, 0.5) is 0 Å². The van der Waals surface area contributed by atoms with Crippen molar-refractivity contribution < 1.29 is 4.84 Å². The summed E-state index contributed by atoms with van der Waals surface area (Å²) in [7, 11) is 3.52. The number of thiocarbonyl (C=S) groups is 1. The number of aliphatic imine (C=N–C) groups is 1. The van der Waals surface area contributed by atoms with Crippen LogP contribution >= 0.6 is 12.2 Å². The minimum atomic E-state index is 0.396. The van der Waals surface area contributed by atoms with E-state index in [1.165, 1.54) is 0 Å². The predicted octanol–water partition coefficient (Wildman–Crippen LogP) is 2.56. The average molecular weight is 277 g/mol. The molecule has 0 aliphatic carbocycles. The highest BCUT2D eigenvalue weighted by Gasteiger charge is 2.12. The fraction of sp³-hybridized carbons (Fsp3) is 0.357. The number of nitrogens with zero attached hydrogens (tertiary/aromatic N) is 2. The first-order chi connectivity index (χ1) is 9.10. The molecule has 1 aromatic rings. The lowest BCUT2D eigenvalue weighted by atomic mass is 10.0. The molecule has 0 atom stereocenters. The lowest BCUT2D eigenvalue weighted by Crippen LogP contribution is -2.27. The minimum absolute atomic E-state index is 0.396. The Bertz CT molecular complexity index is 505. The first kappa shape index (κ1) is 15.3. The van der Waals surface area contributed by atoms with Gasteiger partial charge in [0, 0.05) is 25.2 Å². The molecule has 0 bridgehead atoms. The molecule has 0 saturated heterocycles. The molecule has 1 N–H and O–H groups in total. The van der Waals surface area contributed by atoms with Gasteiger partial charge in [0.15, 0.2) is 0 Å². The van der Waals surface area contributed by atoms with Gasteiger partial charge in [0.1, 0.15) is 11.6 Å². The average Bonchev–Trinajstić information content (AvgIpc) is 2.40. The van der Waals surface area contributed by atoms with Crippen molar-refractivity contribution in [3.63, 3.8) is 0 Å². The molecule has 0 radical (unpaired) electrons. The largest absolute Gasteiger partial charge is 0.391 e. The van der Waals surface area contributed by atoms with Crippen LogP contribution in [0.15, 0.2) is 34.4 Å². The second-order valence-corrected chi connectivity index (χ2v) is 4.53. The SMILES string of the molecule is CN=C(C(=S)NC)c1ccccc1CON=C(C)C. The molecule has 4 nitrogen and oxygen atoms in total. The van der Waals surface area contributed by atoms with E-state index in [0.717, 1.165) is 22.6 Å². The highest BCUT2D eigenvalue weighted by molar-refractivity contribution is 7.82. The summed E-state index contributed by atoms with van der Waals surface area (Å²) < 4.78 is 0. The fourth-order valence-electron chi connectivity index (χ4n) is 1.57. The van der Waals surface area contributed by atoms with Crippen molar-refractivity contribution in [2.24, 2.45) is 10.1 Å². The number of hydrogen-bond donors (Lipinski definition) is 1. The summed E-state index contributed by atoms with van der Waals surface area (Å²) in [4.78, 5) is 10.2. The zero-order valence-electron chi connectivity index (χ0n) is 11.7. The van der Waals surface area contributed by atoms with E-state index in [4.69, 9.17) is 17.1 Å². The third kappa shape index (κ3) is 4.44. The Labute approximate surface area is 119 Å². The van der Waals surface area contributed by atoms with E-state index in [9.17, 15) is 0 Å². The van der Waals surface area contributed by atoms with E-state index in [-0.39, 0.29) is 0 Å². The summed E-state index contributed by atoms with van der Waals surface area (Å²) >= 11 is 5.26. The maximum absolute atomic E-state index is 5.30. The molecule has 102 valence electrons. The highest BCUT2D eigenvalue weighted by Crippen LogP contribution is 2.12. The number of benzene rings is 1. The van der Waals surface area contributed by atoms with Crippen LogP contribution in [0.25, 0.3) is 0 Å². The molecule has 0 aliphatic rings. The fourth-order valence-corrected chi connectivity index (χ4v) is 1.77. The summed E-state index contributed by atoms with van der Waals surface area (Å²) in [6.07, 6.45) is 0. The van der Waals surface area contributed by atoms with Crippen LogP contribution in [-0.2, 0) is 11.4 Å². The third-order valence-electron chi connectivity index (χ3n) is 2.41. The maximum Gasteiger partial charge on any atom is 0.142 e. The second kappa shape index (κ2) is 7.63. The maximum atomic E-state index is 5.30. The summed E-state index contributed by atoms with van der Waals surface area (Å²) in [6.45, 7) is 4.18. The number of oxime groups is 1. The number of likely N-dealkylation sites (N-methyl/N-ethyl adjacent to an activating group) is 1. The van der Waals surface area contributed by atoms with Crippen molar-refractivity contribution >= 4 is 28.6 Å². The van der Waals surface area contributed by atoms with Crippen molar-refractivity contribution in [2.75, 3.05) is 14.1 Å². The van der Waals surface area contributed by atoms with E-state index >= 15 is 0 Å². The molecule has 5 heteroatoms. The van der Waals surface area contributed by atoms with Gasteiger partial charge in [-0.1, -0.05) is 41.6 Å². The van der Waals surface area contributed by atoms with Crippen molar-refractivity contribution in [1.29, 1.82) is 0 Å². The predicted molar refractivity (Wildman–Crippen MR) is 84.1 cm³/mol. The Balaban J connectivity index is 3.01. The van der Waals surface area contributed by atoms with Gasteiger partial charge in [0.2, 0.25) is 0 Å². The van der Waals surface area contributed by atoms with Crippen LogP contribution in [-0.4, -0.2) is 30.5 Å². The van der Waals surface area contributed by atoms with Gasteiger partial charge in [-0.3, -0.25) is 4.99 Å². The molecule has 19 heavy (non-hydrogen) atoms. The lowest BCUT2D eigenvalue weighted by molar-refractivity contribution is 0.130. The van der Waals surface area contributed by atoms with Crippen molar-refractivity contribution in [2.45, 2.75) is 20.5 Å². The summed E-state index contributed by atoms with van der Waals surface area (Å²) in [5.74, 6) is 0. The molecule has 0 amide bonds. The summed E-state index contributed by atoms with van der Waals surface area (Å²) in [5.41, 5.74) is 3.61. The third-order valence-corrected chi connectivity index (χ3v) is 2.80. The summed E-state index contributed by atoms with van der Waals surface area (Å²) in [5, 5.41) is 6.89. The van der Waals surface area contributed by atoms with Crippen LogP contribution in [0.1, 0.15) is 25.0 Å². The normalized spacial score (nSPS) is 10.8. The van der Waals surface area contributed by atoms with E-state index in [0.29, 0.717) is 11.6 Å². The molecule has 0 spiro atoms. The zero-order valence-corrected chi connectivity index (χ0v) is 12.5. The van der Waals surface area contributed by atoms with Crippen molar-refractivity contribution in [1.82, 2.24) is 5.32 Å². The topological polar surface area (TPSA) is 46.0 Å². The van der Waals surface area contributed by atoms with Crippen molar-refractivity contribution in [3.8, 4) is 0 Å². The molecule has 0 saturated carbocycles. The highest BCUT2D eigenvalue weighted by atomic mass is 32.1. The van der Waals surface area contributed by atoms with Gasteiger partial charge in [-0.05, 0) is 13.8 Å². The van der Waals surface area contributed by atoms with Gasteiger partial charge in [-0.2, -0.15) is 0 Å². The van der Waals surface area contributed by atoms with E-state index < -0.39 is 0 Å². The monoisotopic (exact) mass is 277 g/mol. The van der Waals surface area contributed by atoms with E-state index in [1.807, 2.05) is 38.1 Å². The molecule has 0 fully saturated rings. The van der Waals surface area contributed by atoms with Crippen LogP contribution in [0, 0.1) is 0 Å². The number of hydrogen-bond acceptors (Lipinski definition) is 4. The molecule has 1 rings (SSSR count). The van der Waals surface area contributed by atoms with Gasteiger partial charge in [0.25, 0.3) is 0 Å². The number of rotatable bonds is 5. The summed E-state index contributed by atoms with van der Waals surface area (Å²) in [6, 6.07) is 7.88. The Morgan fingerprint density at radius 2 is 2.00 bits per heavy atom. The van der Waals surface area contributed by atoms with Gasteiger partial charge in [0.05, 0.1) is 11.4 Å². The van der Waals surface area contributed by atoms with Crippen LogP contribution in [0.2, 0.25) is 0 Å². The van der Waals surface area contributed by atoms with E-state index in [1.54, 1.807) is 14.1 Å².